The molecule has 0 aromatic heterocycles. The second-order valence-corrected chi connectivity index (χ2v) is 5.15. The van der Waals surface area contributed by atoms with Crippen molar-refractivity contribution in [3.05, 3.63) is 56.0 Å². The van der Waals surface area contributed by atoms with Crippen LogP contribution in [0.1, 0.15) is 15.9 Å². The van der Waals surface area contributed by atoms with Crippen molar-refractivity contribution < 1.29 is 19.2 Å². The quantitative estimate of drug-likeness (QED) is 0.446. The molecule has 0 atom stereocenters. The van der Waals surface area contributed by atoms with Crippen LogP contribution in [0.3, 0.4) is 0 Å². The van der Waals surface area contributed by atoms with Gasteiger partial charge in [0.15, 0.2) is 17.8 Å². The number of ether oxygens (including phenoxy) is 2. The Kier molecular flexibility index (Phi) is 4.93. The van der Waals surface area contributed by atoms with Crippen LogP contribution in [0.4, 0.5) is 5.69 Å². The molecule has 23 heavy (non-hydrogen) atoms. The molecule has 2 rings (SSSR count). The summed E-state index contributed by atoms with van der Waals surface area (Å²) in [6.45, 7) is 0. The predicted molar refractivity (Wildman–Crippen MR) is 84.0 cm³/mol. The van der Waals surface area contributed by atoms with Gasteiger partial charge in [-0.25, -0.2) is 0 Å². The van der Waals surface area contributed by atoms with Gasteiger partial charge in [-0.2, -0.15) is 5.26 Å². The maximum Gasteiger partial charge on any atom is 0.271 e. The topological polar surface area (TPSA) is 102 Å². The SMILES string of the molecule is COc1cc(Br)c(C=O)cc1Oc1ccc([N+](=O)[O-])cc1C#N. The average Bonchev–Trinajstić information content (AvgIpc) is 2.55. The molecule has 116 valence electrons. The lowest BCUT2D eigenvalue weighted by Gasteiger charge is -2.12. The van der Waals surface area contributed by atoms with Crippen LogP contribution in [-0.4, -0.2) is 18.3 Å². The zero-order chi connectivity index (χ0) is 17.0. The van der Waals surface area contributed by atoms with E-state index in [1.807, 2.05) is 6.07 Å². The summed E-state index contributed by atoms with van der Waals surface area (Å²) >= 11 is 3.23. The van der Waals surface area contributed by atoms with Gasteiger partial charge in [0.2, 0.25) is 0 Å². The molecule has 0 aliphatic rings. The molecule has 0 spiro atoms. The Morgan fingerprint density at radius 3 is 2.57 bits per heavy atom. The van der Waals surface area contributed by atoms with Crippen LogP contribution >= 0.6 is 15.9 Å². The summed E-state index contributed by atoms with van der Waals surface area (Å²) in [5.41, 5.74) is 0.114. The smallest absolute Gasteiger partial charge is 0.271 e. The lowest BCUT2D eigenvalue weighted by Crippen LogP contribution is -1.96. The zero-order valence-corrected chi connectivity index (χ0v) is 13.4. The molecule has 0 amide bonds. The highest BCUT2D eigenvalue weighted by atomic mass is 79.9. The molecule has 0 aliphatic carbocycles. The normalized spacial score (nSPS) is 9.78. The highest BCUT2D eigenvalue weighted by molar-refractivity contribution is 9.10. The van der Waals surface area contributed by atoms with E-state index in [4.69, 9.17) is 14.7 Å². The number of benzene rings is 2. The molecule has 0 bridgehead atoms. The van der Waals surface area contributed by atoms with Gasteiger partial charge in [0.1, 0.15) is 17.4 Å². The van der Waals surface area contributed by atoms with Crippen molar-refractivity contribution in [1.29, 1.82) is 5.26 Å². The Morgan fingerprint density at radius 1 is 1.26 bits per heavy atom. The van der Waals surface area contributed by atoms with E-state index in [-0.39, 0.29) is 22.7 Å². The molecule has 2 aromatic rings. The van der Waals surface area contributed by atoms with Crippen molar-refractivity contribution in [3.8, 4) is 23.3 Å². The number of carbonyl (C=O) groups is 1. The Morgan fingerprint density at radius 2 is 2.00 bits per heavy atom. The zero-order valence-electron chi connectivity index (χ0n) is 11.8. The molecule has 0 fully saturated rings. The van der Waals surface area contributed by atoms with Gasteiger partial charge in [0.05, 0.1) is 12.0 Å². The van der Waals surface area contributed by atoms with Gasteiger partial charge in [-0.3, -0.25) is 14.9 Å². The van der Waals surface area contributed by atoms with Crippen LogP contribution in [0.5, 0.6) is 17.2 Å². The molecule has 0 saturated carbocycles. The third-order valence-corrected chi connectivity index (χ3v) is 3.61. The molecule has 0 aliphatic heterocycles. The summed E-state index contributed by atoms with van der Waals surface area (Å²) in [6.07, 6.45) is 0.636. The van der Waals surface area contributed by atoms with Crippen molar-refractivity contribution in [3.63, 3.8) is 0 Å². The molecule has 0 unspecified atom stereocenters. The fourth-order valence-corrected chi connectivity index (χ4v) is 2.22. The van der Waals surface area contributed by atoms with Crippen LogP contribution in [0.15, 0.2) is 34.8 Å². The molecule has 0 N–H and O–H groups in total. The van der Waals surface area contributed by atoms with Crippen molar-refractivity contribution in [1.82, 2.24) is 0 Å². The number of nitriles is 1. The predicted octanol–water partition coefficient (Wildman–Crippen LogP) is 3.84. The lowest BCUT2D eigenvalue weighted by atomic mass is 10.2. The number of nitro groups is 1. The van der Waals surface area contributed by atoms with Gasteiger partial charge in [-0.05, 0) is 34.1 Å². The summed E-state index contributed by atoms with van der Waals surface area (Å²) in [5.74, 6) is 0.670. The van der Waals surface area contributed by atoms with Crippen LogP contribution in [0.2, 0.25) is 0 Å². The maximum atomic E-state index is 11.0. The van der Waals surface area contributed by atoms with Crippen LogP contribution in [-0.2, 0) is 0 Å². The Hall–Kier alpha value is -2.92. The van der Waals surface area contributed by atoms with Gasteiger partial charge in [-0.1, -0.05) is 0 Å². The van der Waals surface area contributed by atoms with E-state index in [0.29, 0.717) is 22.1 Å². The standard InChI is InChI=1S/C15H9BrN2O5/c1-22-14-6-12(16)10(8-19)5-15(14)23-13-3-2-11(18(20)21)4-9(13)7-17/h2-6,8H,1H3. The molecular formula is C15H9BrN2O5. The average molecular weight is 377 g/mol. The van der Waals surface area contributed by atoms with E-state index >= 15 is 0 Å². The molecule has 0 radical (unpaired) electrons. The monoisotopic (exact) mass is 376 g/mol. The highest BCUT2D eigenvalue weighted by Crippen LogP contribution is 2.37. The second-order valence-electron chi connectivity index (χ2n) is 4.29. The molecule has 2 aromatic carbocycles. The summed E-state index contributed by atoms with van der Waals surface area (Å²) in [7, 11) is 1.43. The number of methoxy groups -OCH3 is 1. The summed E-state index contributed by atoms with van der Waals surface area (Å²) in [6, 6.07) is 8.49. The minimum absolute atomic E-state index is 0.00294. The van der Waals surface area contributed by atoms with E-state index in [2.05, 4.69) is 15.9 Å². The van der Waals surface area contributed by atoms with Crippen LogP contribution < -0.4 is 9.47 Å². The number of carbonyl (C=O) groups excluding carboxylic acids is 1. The first-order valence-electron chi connectivity index (χ1n) is 6.19. The van der Waals surface area contributed by atoms with Crippen LogP contribution in [0.25, 0.3) is 0 Å². The maximum absolute atomic E-state index is 11.0. The van der Waals surface area contributed by atoms with E-state index in [0.717, 1.165) is 6.07 Å². The number of rotatable bonds is 5. The van der Waals surface area contributed by atoms with Gasteiger partial charge in [0, 0.05) is 22.2 Å². The van der Waals surface area contributed by atoms with E-state index in [1.54, 1.807) is 6.07 Å². The van der Waals surface area contributed by atoms with Gasteiger partial charge in [0.25, 0.3) is 5.69 Å². The van der Waals surface area contributed by atoms with Crippen molar-refractivity contribution in [2.24, 2.45) is 0 Å². The van der Waals surface area contributed by atoms with Gasteiger partial charge < -0.3 is 9.47 Å². The van der Waals surface area contributed by atoms with Crippen molar-refractivity contribution in [2.45, 2.75) is 0 Å². The molecule has 8 heteroatoms. The van der Waals surface area contributed by atoms with Crippen molar-refractivity contribution in [2.75, 3.05) is 7.11 Å². The van der Waals surface area contributed by atoms with E-state index in [1.165, 1.54) is 25.3 Å². The molecule has 0 heterocycles. The Labute approximate surface area is 139 Å². The van der Waals surface area contributed by atoms with Crippen molar-refractivity contribution >= 4 is 27.9 Å². The third-order valence-electron chi connectivity index (χ3n) is 2.92. The highest BCUT2D eigenvalue weighted by Gasteiger charge is 2.15. The summed E-state index contributed by atoms with van der Waals surface area (Å²) < 4.78 is 11.3. The lowest BCUT2D eigenvalue weighted by molar-refractivity contribution is -0.384. The fraction of sp³-hybridized carbons (Fsp3) is 0.0667. The first-order valence-corrected chi connectivity index (χ1v) is 6.98. The van der Waals surface area contributed by atoms with E-state index in [9.17, 15) is 14.9 Å². The Bertz CT molecular complexity index is 829. The fourth-order valence-electron chi connectivity index (χ4n) is 1.81. The number of hydrogen-bond donors (Lipinski definition) is 0. The molecule has 0 saturated heterocycles. The number of nitro benzene ring substituents is 1. The van der Waals surface area contributed by atoms with E-state index < -0.39 is 4.92 Å². The second kappa shape index (κ2) is 6.89. The number of hydrogen-bond acceptors (Lipinski definition) is 6. The molecular weight excluding hydrogens is 368 g/mol. The summed E-state index contributed by atoms with van der Waals surface area (Å²) in [5, 5.41) is 19.9. The van der Waals surface area contributed by atoms with Crippen LogP contribution in [0, 0.1) is 21.4 Å². The first-order chi connectivity index (χ1) is 11.0. The first kappa shape index (κ1) is 16.5. The number of aldehydes is 1. The molecule has 7 nitrogen and oxygen atoms in total. The minimum atomic E-state index is -0.602. The number of nitrogens with zero attached hydrogens (tertiary/aromatic N) is 2. The van der Waals surface area contributed by atoms with Gasteiger partial charge in [-0.15, -0.1) is 0 Å². The summed E-state index contributed by atoms with van der Waals surface area (Å²) in [4.78, 5) is 21.2. The Balaban J connectivity index is 2.49. The number of halogens is 1. The number of non-ortho nitro benzene ring substituents is 1. The largest absolute Gasteiger partial charge is 0.493 e. The van der Waals surface area contributed by atoms with Gasteiger partial charge >= 0.3 is 0 Å². The minimum Gasteiger partial charge on any atom is -0.493 e. The third kappa shape index (κ3) is 3.46.